The summed E-state index contributed by atoms with van der Waals surface area (Å²) in [6, 6.07) is 10.3. The van der Waals surface area contributed by atoms with E-state index >= 15 is 0 Å². The third kappa shape index (κ3) is 3.19. The van der Waals surface area contributed by atoms with E-state index in [0.717, 1.165) is 37.7 Å². The summed E-state index contributed by atoms with van der Waals surface area (Å²) in [5.41, 5.74) is 1.22. The fraction of sp³-hybridized carbons (Fsp3) is 0.759. The van der Waals surface area contributed by atoms with Crippen LogP contribution in [0.2, 0.25) is 0 Å². The molecule has 5 aliphatic rings. The number of hydrogen-bond donors (Lipinski definition) is 2. The van der Waals surface area contributed by atoms with Gasteiger partial charge in [-0.3, -0.25) is 4.79 Å². The first-order valence-corrected chi connectivity index (χ1v) is 13.5. The van der Waals surface area contributed by atoms with Gasteiger partial charge < -0.3 is 19.7 Å². The molecule has 0 spiro atoms. The van der Waals surface area contributed by atoms with Crippen molar-refractivity contribution in [3.63, 3.8) is 0 Å². The molecule has 34 heavy (non-hydrogen) atoms. The first-order chi connectivity index (χ1) is 16.2. The van der Waals surface area contributed by atoms with Gasteiger partial charge in [-0.25, -0.2) is 0 Å². The Morgan fingerprint density at radius 1 is 1.03 bits per heavy atom. The lowest BCUT2D eigenvalue weighted by Crippen LogP contribution is -2.58. The van der Waals surface area contributed by atoms with Crippen LogP contribution in [0.1, 0.15) is 64.9 Å². The molecule has 186 valence electrons. The van der Waals surface area contributed by atoms with Crippen LogP contribution in [0.15, 0.2) is 30.3 Å². The van der Waals surface area contributed by atoms with E-state index in [4.69, 9.17) is 9.47 Å². The Balaban J connectivity index is 1.34. The summed E-state index contributed by atoms with van der Waals surface area (Å²) in [5.74, 6) is 1.89. The van der Waals surface area contributed by atoms with Crippen LogP contribution < -0.4 is 0 Å². The van der Waals surface area contributed by atoms with Crippen molar-refractivity contribution in [3.05, 3.63) is 35.9 Å². The summed E-state index contributed by atoms with van der Waals surface area (Å²) in [6.07, 6.45) is 4.40. The molecular weight excluding hydrogens is 428 g/mol. The molecule has 1 saturated heterocycles. The maximum absolute atomic E-state index is 12.7. The van der Waals surface area contributed by atoms with Crippen molar-refractivity contribution < 1.29 is 24.5 Å². The van der Waals surface area contributed by atoms with Gasteiger partial charge in [0.25, 0.3) is 0 Å². The number of rotatable bonds is 3. The average molecular weight is 469 g/mol. The normalized spacial score (nSPS) is 51.7. The summed E-state index contributed by atoms with van der Waals surface area (Å²) in [6.45, 7) is 7.38. The Bertz CT molecular complexity index is 934. The van der Waals surface area contributed by atoms with E-state index in [1.807, 2.05) is 18.2 Å². The molecule has 6 rings (SSSR count). The molecule has 5 heteroatoms. The van der Waals surface area contributed by atoms with Gasteiger partial charge in [0.05, 0.1) is 30.8 Å². The number of aliphatic hydroxyl groups excluding tert-OH is 2. The summed E-state index contributed by atoms with van der Waals surface area (Å²) < 4.78 is 12.8. The Kier molecular flexibility index (Phi) is 5.44. The van der Waals surface area contributed by atoms with E-state index in [1.165, 1.54) is 0 Å². The largest absolute Gasteiger partial charge is 0.459 e. The minimum Gasteiger partial charge on any atom is -0.459 e. The Morgan fingerprint density at radius 2 is 1.79 bits per heavy atom. The molecule has 5 fully saturated rings. The van der Waals surface area contributed by atoms with Gasteiger partial charge in [0.2, 0.25) is 0 Å². The highest BCUT2D eigenvalue weighted by Crippen LogP contribution is 2.70. The van der Waals surface area contributed by atoms with Crippen LogP contribution >= 0.6 is 0 Å². The van der Waals surface area contributed by atoms with Crippen molar-refractivity contribution in [2.75, 3.05) is 0 Å². The maximum Gasteiger partial charge on any atom is 0.309 e. The predicted molar refractivity (Wildman–Crippen MR) is 127 cm³/mol. The Hall–Kier alpha value is -1.43. The van der Waals surface area contributed by atoms with Gasteiger partial charge in [-0.1, -0.05) is 51.1 Å². The van der Waals surface area contributed by atoms with Gasteiger partial charge in [-0.05, 0) is 78.6 Å². The molecule has 0 unspecified atom stereocenters. The second kappa shape index (κ2) is 8.04. The number of benzene rings is 1. The van der Waals surface area contributed by atoms with Crippen LogP contribution in [0.3, 0.4) is 0 Å². The molecule has 0 bridgehead atoms. The fourth-order valence-corrected chi connectivity index (χ4v) is 9.69. The molecule has 4 saturated carbocycles. The molecule has 0 radical (unpaired) electrons. The average Bonchev–Trinajstić information content (AvgIpc) is 3.24. The van der Waals surface area contributed by atoms with Gasteiger partial charge in [0, 0.05) is 5.92 Å². The standard InChI is InChI=1S/C29H40O5/c1-16-23-26(34-27(16)32)25(33-15-17-7-5-4-6-8-17)24-19-10-9-18-13-21(30)22(31)14-29(18,3)20(19)11-12-28(23,24)2/h4-8,16,18-26,30-31H,9-15H2,1-3H3/t16-,18-,19+,20-,21-,22-,23-,24+,25+,26+,28+,29-/m0/s1. The van der Waals surface area contributed by atoms with E-state index in [1.54, 1.807) is 0 Å². The van der Waals surface area contributed by atoms with Gasteiger partial charge in [-0.2, -0.15) is 0 Å². The summed E-state index contributed by atoms with van der Waals surface area (Å²) in [4.78, 5) is 12.7. The zero-order valence-electron chi connectivity index (χ0n) is 20.7. The highest BCUT2D eigenvalue weighted by atomic mass is 16.6. The van der Waals surface area contributed by atoms with Crippen molar-refractivity contribution in [2.45, 2.75) is 90.3 Å². The number of fused-ring (bicyclic) bond motifs is 7. The number of ether oxygens (including phenoxy) is 2. The van der Waals surface area contributed by atoms with Crippen LogP contribution in [0.4, 0.5) is 0 Å². The molecule has 5 nitrogen and oxygen atoms in total. The van der Waals surface area contributed by atoms with E-state index in [9.17, 15) is 15.0 Å². The SMILES string of the molecule is C[C@@H]1C(=O)O[C@H]2[C@H](OCc3ccccc3)[C@H]3[C@@H]4CC[C@H]5C[C@H](O)[C@@H](O)C[C@]5(C)[C@H]4CC[C@]3(C)[C@H]21. The van der Waals surface area contributed by atoms with Crippen LogP contribution in [0.5, 0.6) is 0 Å². The number of hydrogen-bond acceptors (Lipinski definition) is 5. The third-order valence-electron chi connectivity index (χ3n) is 11.2. The lowest BCUT2D eigenvalue weighted by Gasteiger charge is -2.61. The monoisotopic (exact) mass is 468 g/mol. The highest BCUT2D eigenvalue weighted by Gasteiger charge is 2.70. The lowest BCUT2D eigenvalue weighted by molar-refractivity contribution is -0.180. The molecule has 1 heterocycles. The summed E-state index contributed by atoms with van der Waals surface area (Å²) >= 11 is 0. The summed E-state index contributed by atoms with van der Waals surface area (Å²) in [5, 5.41) is 21.0. The minimum absolute atomic E-state index is 0.0226. The molecule has 4 aliphatic carbocycles. The van der Waals surface area contributed by atoms with Crippen molar-refractivity contribution >= 4 is 5.97 Å². The Morgan fingerprint density at radius 3 is 2.56 bits per heavy atom. The lowest BCUT2D eigenvalue weighted by atomic mass is 9.44. The van der Waals surface area contributed by atoms with Crippen molar-refractivity contribution in [1.29, 1.82) is 0 Å². The molecule has 0 amide bonds. The minimum atomic E-state index is -0.623. The molecule has 12 atom stereocenters. The van der Waals surface area contributed by atoms with Crippen LogP contribution in [0.25, 0.3) is 0 Å². The molecule has 2 N–H and O–H groups in total. The van der Waals surface area contributed by atoms with E-state index in [0.29, 0.717) is 36.7 Å². The third-order valence-corrected chi connectivity index (χ3v) is 11.2. The molecule has 1 aromatic carbocycles. The van der Waals surface area contributed by atoms with Gasteiger partial charge >= 0.3 is 5.97 Å². The smallest absolute Gasteiger partial charge is 0.309 e. The summed E-state index contributed by atoms with van der Waals surface area (Å²) in [7, 11) is 0. The molecule has 1 aliphatic heterocycles. The van der Waals surface area contributed by atoms with Crippen LogP contribution in [-0.4, -0.2) is 40.6 Å². The van der Waals surface area contributed by atoms with Crippen LogP contribution in [-0.2, 0) is 20.9 Å². The first kappa shape index (κ1) is 23.0. The maximum atomic E-state index is 12.7. The zero-order chi connectivity index (χ0) is 23.8. The number of aliphatic hydroxyl groups is 2. The van der Waals surface area contributed by atoms with Gasteiger partial charge in [-0.15, -0.1) is 0 Å². The molecule has 0 aromatic heterocycles. The van der Waals surface area contributed by atoms with Crippen molar-refractivity contribution in [1.82, 2.24) is 0 Å². The molecule has 1 aromatic rings. The Labute approximate surface area is 203 Å². The quantitative estimate of drug-likeness (QED) is 0.646. The number of carbonyl (C=O) groups is 1. The van der Waals surface area contributed by atoms with Gasteiger partial charge in [0.15, 0.2) is 0 Å². The topological polar surface area (TPSA) is 76.0 Å². The zero-order valence-corrected chi connectivity index (χ0v) is 20.7. The second-order valence-electron chi connectivity index (χ2n) is 12.7. The molecular formula is C29H40O5. The highest BCUT2D eigenvalue weighted by molar-refractivity contribution is 5.75. The van der Waals surface area contributed by atoms with Crippen molar-refractivity contribution in [3.8, 4) is 0 Å². The number of esters is 1. The number of carbonyl (C=O) groups excluding carboxylic acids is 1. The van der Waals surface area contributed by atoms with Crippen LogP contribution in [0, 0.1) is 46.3 Å². The van der Waals surface area contributed by atoms with Crippen molar-refractivity contribution in [2.24, 2.45) is 46.3 Å². The fourth-order valence-electron chi connectivity index (χ4n) is 9.69. The van der Waals surface area contributed by atoms with E-state index < -0.39 is 12.2 Å². The van der Waals surface area contributed by atoms with Gasteiger partial charge in [0.1, 0.15) is 6.10 Å². The van der Waals surface area contributed by atoms with E-state index in [2.05, 4.69) is 32.9 Å². The van der Waals surface area contributed by atoms with E-state index in [-0.39, 0.29) is 40.8 Å². The first-order valence-electron chi connectivity index (χ1n) is 13.5. The second-order valence-corrected chi connectivity index (χ2v) is 12.7. The predicted octanol–water partition coefficient (Wildman–Crippen LogP) is 4.34.